The number of methoxy groups -OCH3 is 1. The van der Waals surface area contributed by atoms with E-state index in [9.17, 15) is 8.42 Å². The van der Waals surface area contributed by atoms with Gasteiger partial charge >= 0.3 is 0 Å². The Hall–Kier alpha value is -1.11. The zero-order valence-corrected chi connectivity index (χ0v) is 13.1. The largest absolute Gasteiger partial charge is 0.392 e. The Morgan fingerprint density at radius 3 is 2.43 bits per heavy atom. The number of benzene rings is 1. The molecule has 1 aromatic rings. The van der Waals surface area contributed by atoms with Crippen LogP contribution < -0.4 is 4.72 Å². The van der Waals surface area contributed by atoms with Gasteiger partial charge in [-0.05, 0) is 36.5 Å². The highest BCUT2D eigenvalue weighted by molar-refractivity contribution is 7.92. The molecular weight excluding hydrogens is 290 g/mol. The van der Waals surface area contributed by atoms with Gasteiger partial charge in [-0.3, -0.25) is 4.72 Å². The molecule has 0 amide bonds. The third-order valence-electron chi connectivity index (χ3n) is 4.02. The van der Waals surface area contributed by atoms with Crippen LogP contribution in [0.2, 0.25) is 0 Å². The third-order valence-corrected chi connectivity index (χ3v) is 5.34. The van der Waals surface area contributed by atoms with E-state index in [0.29, 0.717) is 11.6 Å². The maximum atomic E-state index is 12.2. The summed E-state index contributed by atoms with van der Waals surface area (Å²) in [5.74, 6) is 0.318. The van der Waals surface area contributed by atoms with Crippen LogP contribution >= 0.6 is 0 Å². The second kappa shape index (κ2) is 7.24. The van der Waals surface area contributed by atoms with Crippen LogP contribution in [0.25, 0.3) is 0 Å². The van der Waals surface area contributed by atoms with Gasteiger partial charge in [-0.2, -0.15) is 0 Å². The molecule has 1 saturated carbocycles. The summed E-state index contributed by atoms with van der Waals surface area (Å²) in [5, 5.41) is 8.98. The van der Waals surface area contributed by atoms with Gasteiger partial charge in [-0.15, -0.1) is 0 Å². The molecule has 1 unspecified atom stereocenters. The van der Waals surface area contributed by atoms with E-state index in [2.05, 4.69) is 4.72 Å². The molecular formula is C15H23NO4S. The van der Waals surface area contributed by atoms with Gasteiger partial charge in [-0.1, -0.05) is 25.0 Å². The van der Waals surface area contributed by atoms with E-state index in [4.69, 9.17) is 9.84 Å². The predicted octanol–water partition coefficient (Wildman–Crippen LogP) is 2.13. The molecule has 1 fully saturated rings. The molecule has 0 bridgehead atoms. The van der Waals surface area contributed by atoms with Crippen LogP contribution in [0.15, 0.2) is 24.3 Å². The van der Waals surface area contributed by atoms with E-state index < -0.39 is 10.0 Å². The van der Waals surface area contributed by atoms with Crippen LogP contribution in [0.3, 0.4) is 0 Å². The Labute approximate surface area is 126 Å². The topological polar surface area (TPSA) is 75.6 Å². The van der Waals surface area contributed by atoms with Crippen molar-refractivity contribution in [3.8, 4) is 0 Å². The minimum absolute atomic E-state index is 0.0179. The summed E-state index contributed by atoms with van der Waals surface area (Å²) in [6, 6.07) is 6.70. The van der Waals surface area contributed by atoms with Crippen molar-refractivity contribution in [2.75, 3.05) is 17.6 Å². The van der Waals surface area contributed by atoms with Gasteiger partial charge in [-0.25, -0.2) is 8.42 Å². The van der Waals surface area contributed by atoms with Gasteiger partial charge in [0.15, 0.2) is 0 Å². The molecule has 21 heavy (non-hydrogen) atoms. The maximum absolute atomic E-state index is 12.2. The van der Waals surface area contributed by atoms with Crippen LogP contribution in [0.5, 0.6) is 0 Å². The molecule has 1 aliphatic carbocycles. The Kier molecular flexibility index (Phi) is 5.61. The molecule has 0 spiro atoms. The maximum Gasteiger partial charge on any atom is 0.235 e. The van der Waals surface area contributed by atoms with Crippen LogP contribution in [0, 0.1) is 5.92 Å². The van der Waals surface area contributed by atoms with Gasteiger partial charge in [0.1, 0.15) is 0 Å². The smallest absolute Gasteiger partial charge is 0.235 e. The fraction of sp³-hybridized carbons (Fsp3) is 0.600. The summed E-state index contributed by atoms with van der Waals surface area (Å²) in [6.45, 7) is -0.0551. The van der Waals surface area contributed by atoms with Crippen molar-refractivity contribution < 1.29 is 18.3 Å². The molecule has 118 valence electrons. The highest BCUT2D eigenvalue weighted by atomic mass is 32.2. The molecule has 2 rings (SSSR count). The molecule has 1 atom stereocenters. The number of nitrogens with one attached hydrogen (secondary N) is 1. The minimum Gasteiger partial charge on any atom is -0.392 e. The number of aliphatic hydroxyl groups excluding tert-OH is 1. The molecule has 0 aliphatic heterocycles. The molecule has 0 aromatic heterocycles. The highest BCUT2D eigenvalue weighted by Gasteiger charge is 2.29. The number of sulfonamides is 1. The van der Waals surface area contributed by atoms with Gasteiger partial charge in [0.25, 0.3) is 0 Å². The van der Waals surface area contributed by atoms with Crippen LogP contribution in [-0.2, 0) is 21.4 Å². The Morgan fingerprint density at radius 1 is 1.29 bits per heavy atom. The Morgan fingerprint density at radius 2 is 1.90 bits per heavy atom. The van der Waals surface area contributed by atoms with Gasteiger partial charge in [0, 0.05) is 12.8 Å². The second-order valence-corrected chi connectivity index (χ2v) is 7.32. The molecule has 5 nitrogen and oxygen atoms in total. The average molecular weight is 313 g/mol. The summed E-state index contributed by atoms with van der Waals surface area (Å²) in [6.07, 6.45) is 4.14. The SMILES string of the molecule is COC(CS(=O)(=O)Nc1ccc(CO)cc1)C1CCCC1. The van der Waals surface area contributed by atoms with Crippen molar-refractivity contribution in [2.45, 2.75) is 38.4 Å². The van der Waals surface area contributed by atoms with E-state index in [1.165, 1.54) is 0 Å². The number of anilines is 1. The number of hydrogen-bond donors (Lipinski definition) is 2. The van der Waals surface area contributed by atoms with Gasteiger partial charge in [0.05, 0.1) is 18.5 Å². The van der Waals surface area contributed by atoms with Crippen LogP contribution in [0.1, 0.15) is 31.2 Å². The highest BCUT2D eigenvalue weighted by Crippen LogP contribution is 2.29. The van der Waals surface area contributed by atoms with Crippen LogP contribution in [-0.4, -0.2) is 32.5 Å². The molecule has 0 radical (unpaired) electrons. The zero-order valence-electron chi connectivity index (χ0n) is 12.3. The van der Waals surface area contributed by atoms with Crippen molar-refractivity contribution in [2.24, 2.45) is 5.92 Å². The Balaban J connectivity index is 1.99. The summed E-state index contributed by atoms with van der Waals surface area (Å²) >= 11 is 0. The van der Waals surface area contributed by atoms with Crippen molar-refractivity contribution in [3.05, 3.63) is 29.8 Å². The first kappa shape index (κ1) is 16.3. The van der Waals surface area contributed by atoms with E-state index in [-0.39, 0.29) is 18.5 Å². The lowest BCUT2D eigenvalue weighted by Crippen LogP contribution is -2.32. The minimum atomic E-state index is -3.44. The van der Waals surface area contributed by atoms with Crippen LogP contribution in [0.4, 0.5) is 5.69 Å². The molecule has 2 N–H and O–H groups in total. The van der Waals surface area contributed by atoms with E-state index in [0.717, 1.165) is 31.2 Å². The zero-order chi connectivity index (χ0) is 15.3. The quantitative estimate of drug-likeness (QED) is 0.808. The van der Waals surface area contributed by atoms with Crippen molar-refractivity contribution in [3.63, 3.8) is 0 Å². The van der Waals surface area contributed by atoms with Gasteiger partial charge in [0.2, 0.25) is 10.0 Å². The summed E-state index contributed by atoms with van der Waals surface area (Å²) < 4.78 is 32.4. The predicted molar refractivity (Wildman–Crippen MR) is 82.5 cm³/mol. The monoisotopic (exact) mass is 313 g/mol. The second-order valence-electron chi connectivity index (χ2n) is 5.56. The van der Waals surface area contributed by atoms with Crippen molar-refractivity contribution >= 4 is 15.7 Å². The normalized spacial score (nSPS) is 17.8. The van der Waals surface area contributed by atoms with E-state index in [1.54, 1.807) is 31.4 Å². The molecule has 0 heterocycles. The standard InChI is InChI=1S/C15H23NO4S/c1-20-15(13-4-2-3-5-13)11-21(18,19)16-14-8-6-12(10-17)7-9-14/h6-9,13,15-17H,2-5,10-11H2,1H3. The molecule has 1 aliphatic rings. The molecule has 0 saturated heterocycles. The summed E-state index contributed by atoms with van der Waals surface area (Å²) in [7, 11) is -1.86. The third kappa shape index (κ3) is 4.69. The Bertz CT molecular complexity index is 535. The first-order chi connectivity index (χ1) is 10.0. The van der Waals surface area contributed by atoms with Gasteiger partial charge < -0.3 is 9.84 Å². The fourth-order valence-electron chi connectivity index (χ4n) is 2.84. The molecule has 1 aromatic carbocycles. The first-order valence-corrected chi connectivity index (χ1v) is 8.92. The number of hydrogen-bond acceptors (Lipinski definition) is 4. The lowest BCUT2D eigenvalue weighted by atomic mass is 10.0. The number of aliphatic hydroxyl groups is 1. The van der Waals surface area contributed by atoms with E-state index in [1.807, 2.05) is 0 Å². The number of ether oxygens (including phenoxy) is 1. The lowest BCUT2D eigenvalue weighted by Gasteiger charge is -2.22. The average Bonchev–Trinajstić information content (AvgIpc) is 2.99. The molecule has 6 heteroatoms. The first-order valence-electron chi connectivity index (χ1n) is 7.27. The van der Waals surface area contributed by atoms with Crippen molar-refractivity contribution in [1.82, 2.24) is 0 Å². The lowest BCUT2D eigenvalue weighted by molar-refractivity contribution is 0.0718. The fourth-order valence-corrected chi connectivity index (χ4v) is 4.26. The van der Waals surface area contributed by atoms with Crippen molar-refractivity contribution in [1.29, 1.82) is 0 Å². The number of rotatable bonds is 7. The van der Waals surface area contributed by atoms with E-state index >= 15 is 0 Å². The summed E-state index contributed by atoms with van der Waals surface area (Å²) in [4.78, 5) is 0. The summed E-state index contributed by atoms with van der Waals surface area (Å²) in [5.41, 5.74) is 1.26.